The topological polar surface area (TPSA) is 26.0 Å². The fourth-order valence-corrected chi connectivity index (χ4v) is 2.98. The molecule has 0 saturated heterocycles. The zero-order chi connectivity index (χ0) is 12.7. The van der Waals surface area contributed by atoms with Gasteiger partial charge in [-0.15, -0.1) is 0 Å². The van der Waals surface area contributed by atoms with E-state index >= 15 is 0 Å². The monoisotopic (exact) mass is 255 g/mol. The van der Waals surface area contributed by atoms with Crippen LogP contribution >= 0.6 is 11.6 Å². The molecule has 94 valence electrons. The van der Waals surface area contributed by atoms with E-state index in [1.807, 2.05) is 0 Å². The molecule has 1 nitrogen and oxygen atoms in total. The zero-order valence-corrected chi connectivity index (χ0v) is 11.1. The maximum Gasteiger partial charge on any atom is 0.141 e. The molecule has 0 aromatic heterocycles. The van der Waals surface area contributed by atoms with Crippen molar-refractivity contribution in [3.8, 4) is 0 Å². The summed E-state index contributed by atoms with van der Waals surface area (Å²) in [5.41, 5.74) is 7.47. The molecule has 17 heavy (non-hydrogen) atoms. The fourth-order valence-electron chi connectivity index (χ4n) is 2.77. The highest BCUT2D eigenvalue weighted by molar-refractivity contribution is 6.30. The molecule has 2 N–H and O–H groups in total. The normalized spacial score (nSPS) is 27.4. The van der Waals surface area contributed by atoms with Gasteiger partial charge in [0.05, 0.1) is 5.02 Å². The quantitative estimate of drug-likeness (QED) is 0.851. The van der Waals surface area contributed by atoms with Crippen LogP contribution in [0.25, 0.3) is 0 Å². The summed E-state index contributed by atoms with van der Waals surface area (Å²) in [5, 5.41) is 0.182. The molecule has 1 aliphatic rings. The second kappa shape index (κ2) is 4.25. The van der Waals surface area contributed by atoms with Gasteiger partial charge in [0, 0.05) is 5.54 Å². The summed E-state index contributed by atoms with van der Waals surface area (Å²) in [6, 6.07) is 4.90. The van der Waals surface area contributed by atoms with E-state index in [9.17, 15) is 4.39 Å². The summed E-state index contributed by atoms with van der Waals surface area (Å²) in [4.78, 5) is 0. The van der Waals surface area contributed by atoms with Crippen LogP contribution in [-0.2, 0) is 6.42 Å². The molecule has 2 rings (SSSR count). The Morgan fingerprint density at radius 2 is 2.06 bits per heavy atom. The molecule has 0 amide bonds. The molecule has 1 atom stereocenters. The Morgan fingerprint density at radius 3 is 2.59 bits per heavy atom. The van der Waals surface area contributed by atoms with Crippen LogP contribution in [0.5, 0.6) is 0 Å². The lowest BCUT2D eigenvalue weighted by Crippen LogP contribution is -2.50. The molecule has 0 radical (unpaired) electrons. The first-order valence-corrected chi connectivity index (χ1v) is 6.45. The van der Waals surface area contributed by atoms with Crippen molar-refractivity contribution in [2.24, 2.45) is 11.1 Å². The van der Waals surface area contributed by atoms with Gasteiger partial charge in [0.1, 0.15) is 5.82 Å². The van der Waals surface area contributed by atoms with Gasteiger partial charge in [0.15, 0.2) is 0 Å². The van der Waals surface area contributed by atoms with E-state index in [-0.39, 0.29) is 21.8 Å². The number of benzene rings is 1. The van der Waals surface area contributed by atoms with Gasteiger partial charge in [-0.3, -0.25) is 0 Å². The van der Waals surface area contributed by atoms with Crippen LogP contribution in [0, 0.1) is 11.2 Å². The standard InChI is InChI=1S/C14H19ClFN/c1-13(2)6-3-7-14(13,17)9-10-4-5-12(16)11(15)8-10/h4-5,8H,3,6-7,9,17H2,1-2H3. The summed E-state index contributed by atoms with van der Waals surface area (Å²) in [6.07, 6.45) is 4.10. The van der Waals surface area contributed by atoms with Crippen LogP contribution in [0.1, 0.15) is 38.7 Å². The molecule has 3 heteroatoms. The lowest BCUT2D eigenvalue weighted by molar-refractivity contribution is 0.207. The first-order valence-electron chi connectivity index (χ1n) is 6.07. The molecule has 1 saturated carbocycles. The van der Waals surface area contributed by atoms with Crippen LogP contribution in [-0.4, -0.2) is 5.54 Å². The van der Waals surface area contributed by atoms with Gasteiger partial charge in [0.2, 0.25) is 0 Å². The molecule has 0 heterocycles. The van der Waals surface area contributed by atoms with Gasteiger partial charge in [-0.1, -0.05) is 37.9 Å². The van der Waals surface area contributed by atoms with E-state index in [2.05, 4.69) is 13.8 Å². The molecule has 0 aliphatic heterocycles. The van der Waals surface area contributed by atoms with Crippen molar-refractivity contribution < 1.29 is 4.39 Å². The summed E-state index contributed by atoms with van der Waals surface area (Å²) in [7, 11) is 0. The average Bonchev–Trinajstić information content (AvgIpc) is 2.47. The van der Waals surface area contributed by atoms with Gasteiger partial charge in [-0.2, -0.15) is 0 Å². The summed E-state index contributed by atoms with van der Waals surface area (Å²) >= 11 is 5.80. The average molecular weight is 256 g/mol. The highest BCUT2D eigenvalue weighted by atomic mass is 35.5. The Balaban J connectivity index is 2.23. The van der Waals surface area contributed by atoms with Crippen molar-refractivity contribution >= 4 is 11.6 Å². The van der Waals surface area contributed by atoms with Gasteiger partial charge in [-0.05, 0) is 42.4 Å². The molecular formula is C14H19ClFN. The van der Waals surface area contributed by atoms with Gasteiger partial charge >= 0.3 is 0 Å². The van der Waals surface area contributed by atoms with Crippen molar-refractivity contribution in [1.82, 2.24) is 0 Å². The first-order chi connectivity index (χ1) is 7.84. The third kappa shape index (κ3) is 2.34. The minimum absolute atomic E-state index is 0.133. The van der Waals surface area contributed by atoms with Crippen molar-refractivity contribution in [2.45, 2.75) is 45.1 Å². The molecule has 0 spiro atoms. The van der Waals surface area contributed by atoms with Crippen LogP contribution in [0.4, 0.5) is 4.39 Å². The second-order valence-corrected chi connectivity index (χ2v) is 6.23. The number of hydrogen-bond acceptors (Lipinski definition) is 1. The molecule has 1 aromatic carbocycles. The molecule has 0 bridgehead atoms. The largest absolute Gasteiger partial charge is 0.324 e. The molecule has 1 fully saturated rings. The molecular weight excluding hydrogens is 237 g/mol. The van der Waals surface area contributed by atoms with Crippen molar-refractivity contribution in [2.75, 3.05) is 0 Å². The summed E-state index contributed by atoms with van der Waals surface area (Å²) in [6.45, 7) is 4.43. The van der Waals surface area contributed by atoms with Gasteiger partial charge in [0.25, 0.3) is 0 Å². The van der Waals surface area contributed by atoms with Crippen molar-refractivity contribution in [3.63, 3.8) is 0 Å². The summed E-state index contributed by atoms with van der Waals surface area (Å²) in [5.74, 6) is -0.368. The minimum Gasteiger partial charge on any atom is -0.324 e. The lowest BCUT2D eigenvalue weighted by atomic mass is 9.72. The van der Waals surface area contributed by atoms with Crippen LogP contribution < -0.4 is 5.73 Å². The highest BCUT2D eigenvalue weighted by Gasteiger charge is 2.45. The van der Waals surface area contributed by atoms with Crippen LogP contribution in [0.3, 0.4) is 0 Å². The number of hydrogen-bond donors (Lipinski definition) is 1. The zero-order valence-electron chi connectivity index (χ0n) is 10.4. The number of rotatable bonds is 2. The lowest BCUT2D eigenvalue weighted by Gasteiger charge is -2.38. The number of nitrogens with two attached hydrogens (primary N) is 1. The Kier molecular flexibility index (Phi) is 3.21. The predicted octanol–water partition coefficient (Wildman–Crippen LogP) is 3.93. The highest BCUT2D eigenvalue weighted by Crippen LogP contribution is 2.46. The van der Waals surface area contributed by atoms with E-state index in [1.165, 1.54) is 12.5 Å². The third-order valence-corrected chi connectivity index (χ3v) is 4.57. The maximum atomic E-state index is 13.1. The second-order valence-electron chi connectivity index (χ2n) is 5.82. The fraction of sp³-hybridized carbons (Fsp3) is 0.571. The Bertz CT molecular complexity index is 430. The number of halogens is 2. The molecule has 1 aromatic rings. The SMILES string of the molecule is CC1(C)CCCC1(N)Cc1ccc(F)c(Cl)c1. The van der Waals surface area contributed by atoms with Crippen LogP contribution in [0.2, 0.25) is 5.02 Å². The Hall–Kier alpha value is -0.600. The third-order valence-electron chi connectivity index (χ3n) is 4.28. The maximum absolute atomic E-state index is 13.1. The van der Waals surface area contributed by atoms with Crippen molar-refractivity contribution in [1.29, 1.82) is 0 Å². The smallest absolute Gasteiger partial charge is 0.141 e. The van der Waals surface area contributed by atoms with E-state index in [1.54, 1.807) is 12.1 Å². The van der Waals surface area contributed by atoms with E-state index < -0.39 is 0 Å². The Labute approximate surface area is 107 Å². The first kappa shape index (κ1) is 12.8. The minimum atomic E-state index is -0.368. The molecule has 1 aliphatic carbocycles. The van der Waals surface area contributed by atoms with E-state index in [0.717, 1.165) is 24.8 Å². The van der Waals surface area contributed by atoms with Gasteiger partial charge < -0.3 is 5.73 Å². The summed E-state index contributed by atoms with van der Waals surface area (Å²) < 4.78 is 13.1. The Morgan fingerprint density at radius 1 is 1.35 bits per heavy atom. The van der Waals surface area contributed by atoms with E-state index in [0.29, 0.717) is 0 Å². The van der Waals surface area contributed by atoms with Gasteiger partial charge in [-0.25, -0.2) is 4.39 Å². The van der Waals surface area contributed by atoms with Crippen molar-refractivity contribution in [3.05, 3.63) is 34.6 Å². The van der Waals surface area contributed by atoms with Crippen LogP contribution in [0.15, 0.2) is 18.2 Å². The van der Waals surface area contributed by atoms with E-state index in [4.69, 9.17) is 17.3 Å². The molecule has 1 unspecified atom stereocenters. The predicted molar refractivity (Wildman–Crippen MR) is 69.7 cm³/mol.